The number of thioether (sulfide) groups is 2. The van der Waals surface area contributed by atoms with Crippen LogP contribution >= 0.6 is 23.5 Å². The molecule has 0 bridgehead atoms. The Balaban J connectivity index is 2.46. The zero-order valence-corrected chi connectivity index (χ0v) is 37.4. The van der Waals surface area contributed by atoms with Crippen LogP contribution in [0.5, 0.6) is 0 Å². The quantitative estimate of drug-likeness (QED) is 0.0849. The Hall–Kier alpha value is -3.83. The summed E-state index contributed by atoms with van der Waals surface area (Å²) < 4.78 is -0.853. The second-order valence-electron chi connectivity index (χ2n) is 15.9. The monoisotopic (exact) mass is 849 g/mol. The van der Waals surface area contributed by atoms with Gasteiger partial charge in [-0.05, 0) is 62.0 Å². The van der Waals surface area contributed by atoms with Crippen LogP contribution < -0.4 is 32.3 Å². The molecule has 1 aliphatic heterocycles. The highest BCUT2D eigenvalue weighted by Gasteiger charge is 2.51. The van der Waals surface area contributed by atoms with Crippen molar-refractivity contribution in [2.75, 3.05) is 17.9 Å². The minimum absolute atomic E-state index is 0.0388. The van der Waals surface area contributed by atoms with Gasteiger partial charge in [0.15, 0.2) is 6.10 Å². The highest BCUT2D eigenvalue weighted by molar-refractivity contribution is 8.00. The number of carbonyl (C=O) groups excluding carboxylic acids is 7. The van der Waals surface area contributed by atoms with Crippen LogP contribution in [0.2, 0.25) is 0 Å². The van der Waals surface area contributed by atoms with Gasteiger partial charge in [-0.25, -0.2) is 0 Å². The number of hydrogen-bond donors (Lipinski definition) is 7. The first-order valence-electron chi connectivity index (χ1n) is 20.2. The topological polar surface area (TPSA) is 229 Å². The van der Waals surface area contributed by atoms with E-state index in [2.05, 4.69) is 26.6 Å². The highest BCUT2D eigenvalue weighted by Crippen LogP contribution is 2.40. The number of nitrogens with two attached hydrogens (primary N) is 1. The lowest BCUT2D eigenvalue weighted by Gasteiger charge is -2.35. The average Bonchev–Trinajstić information content (AvgIpc) is 3.52. The Morgan fingerprint density at radius 1 is 0.828 bits per heavy atom. The molecular formula is C41H67N7O8S2. The molecule has 1 aliphatic rings. The van der Waals surface area contributed by atoms with Crippen molar-refractivity contribution >= 4 is 64.9 Å². The number of aliphatic hydroxyl groups excluding tert-OH is 1. The average molecular weight is 850 g/mol. The Labute approximate surface area is 352 Å². The highest BCUT2D eigenvalue weighted by atomic mass is 32.2. The molecule has 7 amide bonds. The van der Waals surface area contributed by atoms with Crippen molar-refractivity contribution in [3.05, 3.63) is 35.9 Å². The van der Waals surface area contributed by atoms with E-state index in [9.17, 15) is 38.7 Å². The molecule has 1 fully saturated rings. The molecule has 2 rings (SSSR count). The van der Waals surface area contributed by atoms with Gasteiger partial charge in [0.2, 0.25) is 35.4 Å². The SMILES string of the molecule is CC[C@H](C)[C@H](NC(C)=O)C(=O)N[C@H](C(=O)N[C@@H](Cc1ccccc1)[C@H](O)C(=O)N1CSC(C)(C)[C@H]1C(=O)N[C@H](C(=O)N[C@@H](CCSC)C(N)=O)[C@@H](C)CC)[C@@H](C)CC. The van der Waals surface area contributed by atoms with E-state index in [4.69, 9.17) is 5.73 Å². The van der Waals surface area contributed by atoms with Gasteiger partial charge in [0.05, 0.1) is 11.9 Å². The summed E-state index contributed by atoms with van der Waals surface area (Å²) in [5, 5.41) is 25.8. The summed E-state index contributed by atoms with van der Waals surface area (Å²) in [6.45, 7) is 15.9. The summed E-state index contributed by atoms with van der Waals surface area (Å²) in [7, 11) is 0. The van der Waals surface area contributed by atoms with Crippen molar-refractivity contribution in [1.29, 1.82) is 0 Å². The van der Waals surface area contributed by atoms with Gasteiger partial charge in [-0.1, -0.05) is 91.1 Å². The molecule has 1 saturated heterocycles. The summed E-state index contributed by atoms with van der Waals surface area (Å²) in [6, 6.07) is 2.73. The van der Waals surface area contributed by atoms with Crippen LogP contribution in [0.25, 0.3) is 0 Å². The van der Waals surface area contributed by atoms with E-state index in [0.717, 1.165) is 0 Å². The minimum Gasteiger partial charge on any atom is -0.381 e. The number of nitrogens with zero attached hydrogens (tertiary/aromatic N) is 1. The normalized spacial score (nSPS) is 19.5. The van der Waals surface area contributed by atoms with Gasteiger partial charge in [0.1, 0.15) is 30.2 Å². The summed E-state index contributed by atoms with van der Waals surface area (Å²) in [5.41, 5.74) is 6.29. The molecule has 0 spiro atoms. The molecule has 326 valence electrons. The number of aliphatic hydroxyl groups is 1. The number of primary amides is 1. The molecule has 58 heavy (non-hydrogen) atoms. The lowest BCUT2D eigenvalue weighted by Crippen LogP contribution is -2.63. The molecule has 1 aromatic rings. The number of carbonyl (C=O) groups is 7. The van der Waals surface area contributed by atoms with Crippen LogP contribution in [0.4, 0.5) is 0 Å². The molecule has 0 aliphatic carbocycles. The molecule has 0 aromatic heterocycles. The predicted octanol–water partition coefficient (Wildman–Crippen LogP) is 2.09. The lowest BCUT2D eigenvalue weighted by atomic mass is 9.93. The van der Waals surface area contributed by atoms with Crippen molar-refractivity contribution < 1.29 is 38.7 Å². The molecular weight excluding hydrogens is 783 g/mol. The van der Waals surface area contributed by atoms with E-state index in [0.29, 0.717) is 37.0 Å². The van der Waals surface area contributed by atoms with E-state index >= 15 is 0 Å². The maximum absolute atomic E-state index is 14.4. The Kier molecular flexibility index (Phi) is 20.5. The van der Waals surface area contributed by atoms with Crippen molar-refractivity contribution in [1.82, 2.24) is 31.5 Å². The van der Waals surface area contributed by atoms with Crippen LogP contribution in [0.1, 0.15) is 93.6 Å². The lowest BCUT2D eigenvalue weighted by molar-refractivity contribution is -0.148. The van der Waals surface area contributed by atoms with Gasteiger partial charge in [-0.3, -0.25) is 33.6 Å². The molecule has 15 nitrogen and oxygen atoms in total. The second kappa shape index (κ2) is 23.7. The van der Waals surface area contributed by atoms with Gasteiger partial charge in [-0.15, -0.1) is 11.8 Å². The standard InChI is InChI=1S/C41H67N7O8S2/c1-11-23(4)30(43-26(7)49)38(54)46-31(24(5)12-2)37(53)45-29(21-27-17-15-14-16-18-27)33(50)40(56)48-22-58-41(8,9)34(48)39(55)47-32(25(6)13-3)36(52)44-28(35(42)51)19-20-57-10/h14-18,23-25,28-34,50H,11-13,19-22H2,1-10H3,(H2,42,51)(H,43,49)(H,44,52)(H,45,53)(H,46,54)(H,47,55)/t23-,24-,25-,28-,29-,30-,31-,32-,33-,34+/m0/s1. The Morgan fingerprint density at radius 2 is 1.33 bits per heavy atom. The van der Waals surface area contributed by atoms with Crippen LogP contribution in [-0.4, -0.2) is 116 Å². The van der Waals surface area contributed by atoms with E-state index < -0.39 is 82.5 Å². The molecule has 10 atom stereocenters. The van der Waals surface area contributed by atoms with Crippen molar-refractivity contribution in [2.24, 2.45) is 23.5 Å². The zero-order chi connectivity index (χ0) is 43.9. The largest absolute Gasteiger partial charge is 0.381 e. The summed E-state index contributed by atoms with van der Waals surface area (Å²) >= 11 is 2.83. The maximum atomic E-state index is 14.4. The van der Waals surface area contributed by atoms with Crippen LogP contribution in [0.3, 0.4) is 0 Å². The zero-order valence-electron chi connectivity index (χ0n) is 35.8. The third-order valence-electron chi connectivity index (χ3n) is 11.0. The third kappa shape index (κ3) is 14.2. The molecule has 8 N–H and O–H groups in total. The van der Waals surface area contributed by atoms with Gasteiger partial charge in [0.25, 0.3) is 5.91 Å². The van der Waals surface area contributed by atoms with E-state index in [1.54, 1.807) is 52.0 Å². The van der Waals surface area contributed by atoms with Crippen molar-refractivity contribution in [3.63, 3.8) is 0 Å². The number of rotatable bonds is 23. The van der Waals surface area contributed by atoms with Gasteiger partial charge in [0, 0.05) is 11.7 Å². The molecule has 0 saturated carbocycles. The molecule has 1 aromatic carbocycles. The van der Waals surface area contributed by atoms with Crippen LogP contribution in [0.15, 0.2) is 30.3 Å². The number of benzene rings is 1. The van der Waals surface area contributed by atoms with E-state index in [1.165, 1.54) is 35.3 Å². The Morgan fingerprint density at radius 3 is 1.83 bits per heavy atom. The summed E-state index contributed by atoms with van der Waals surface area (Å²) in [4.78, 5) is 95.4. The Bertz CT molecular complexity index is 1570. The molecule has 1 heterocycles. The summed E-state index contributed by atoms with van der Waals surface area (Å²) in [6.07, 6.45) is 2.01. The fourth-order valence-electron chi connectivity index (χ4n) is 6.72. The van der Waals surface area contributed by atoms with Gasteiger partial charge >= 0.3 is 0 Å². The minimum atomic E-state index is -1.82. The fourth-order valence-corrected chi connectivity index (χ4v) is 8.33. The smallest absolute Gasteiger partial charge is 0.254 e. The summed E-state index contributed by atoms with van der Waals surface area (Å²) in [5.74, 6) is -4.55. The first kappa shape index (κ1) is 50.3. The molecule has 0 unspecified atom stereocenters. The van der Waals surface area contributed by atoms with Crippen molar-refractivity contribution in [3.8, 4) is 0 Å². The fraction of sp³-hybridized carbons (Fsp3) is 0.683. The second-order valence-corrected chi connectivity index (χ2v) is 18.5. The predicted molar refractivity (Wildman–Crippen MR) is 229 cm³/mol. The van der Waals surface area contributed by atoms with Gasteiger partial charge in [-0.2, -0.15) is 11.8 Å². The molecule has 0 radical (unpaired) electrons. The number of amides is 7. The number of hydrogen-bond acceptors (Lipinski definition) is 10. The van der Waals surface area contributed by atoms with E-state index in [1.807, 2.05) is 40.0 Å². The maximum Gasteiger partial charge on any atom is 0.254 e. The van der Waals surface area contributed by atoms with Crippen LogP contribution in [0, 0.1) is 17.8 Å². The van der Waals surface area contributed by atoms with E-state index in [-0.39, 0.29) is 36.0 Å². The van der Waals surface area contributed by atoms with Crippen LogP contribution in [-0.2, 0) is 40.0 Å². The number of nitrogens with one attached hydrogen (secondary N) is 5. The molecule has 17 heteroatoms. The van der Waals surface area contributed by atoms with Gasteiger partial charge < -0.3 is 42.3 Å². The third-order valence-corrected chi connectivity index (χ3v) is 13.1. The first-order chi connectivity index (χ1) is 27.2. The van der Waals surface area contributed by atoms with Crippen molar-refractivity contribution in [2.45, 2.75) is 142 Å². The first-order valence-corrected chi connectivity index (χ1v) is 22.5.